The average molecular weight is 335 g/mol. The monoisotopic (exact) mass is 335 g/mol. The molecule has 132 valence electrons. The molecule has 8 heteroatoms. The van der Waals surface area contributed by atoms with Gasteiger partial charge in [0.25, 0.3) is 0 Å². The molecule has 3 rings (SSSR count). The van der Waals surface area contributed by atoms with Crippen LogP contribution in [0, 0.1) is 6.92 Å². The van der Waals surface area contributed by atoms with Gasteiger partial charge in [0.2, 0.25) is 11.8 Å². The number of piperazine rings is 1. The van der Waals surface area contributed by atoms with Crippen LogP contribution >= 0.6 is 0 Å². The highest BCUT2D eigenvalue weighted by Crippen LogP contribution is 2.18. The van der Waals surface area contributed by atoms with E-state index in [0.717, 1.165) is 39.0 Å². The van der Waals surface area contributed by atoms with Crippen molar-refractivity contribution in [2.24, 2.45) is 0 Å². The highest BCUT2D eigenvalue weighted by atomic mass is 16.5. The number of nitrogens with one attached hydrogen (secondary N) is 2. The van der Waals surface area contributed by atoms with Gasteiger partial charge in [-0.3, -0.25) is 19.4 Å². The van der Waals surface area contributed by atoms with Gasteiger partial charge in [0.15, 0.2) is 5.82 Å². The lowest BCUT2D eigenvalue weighted by Crippen LogP contribution is -2.54. The number of rotatable bonds is 6. The largest absolute Gasteiger partial charge is 0.360 e. The number of aromatic nitrogens is 1. The van der Waals surface area contributed by atoms with E-state index in [9.17, 15) is 9.59 Å². The predicted octanol–water partition coefficient (Wildman–Crippen LogP) is 0.206. The lowest BCUT2D eigenvalue weighted by molar-refractivity contribution is -0.124. The first kappa shape index (κ1) is 16.9. The molecule has 0 aromatic carbocycles. The van der Waals surface area contributed by atoms with Gasteiger partial charge in [-0.2, -0.15) is 0 Å². The number of carbonyl (C=O) groups excluding carboxylic acids is 2. The van der Waals surface area contributed by atoms with Crippen LogP contribution in [0.1, 0.15) is 25.5 Å². The van der Waals surface area contributed by atoms with Crippen molar-refractivity contribution in [2.75, 3.05) is 38.0 Å². The Morgan fingerprint density at radius 3 is 2.62 bits per heavy atom. The topological polar surface area (TPSA) is 90.7 Å². The fraction of sp³-hybridized carbons (Fsp3) is 0.688. The van der Waals surface area contributed by atoms with Crippen LogP contribution in [0.2, 0.25) is 0 Å². The van der Waals surface area contributed by atoms with Crippen LogP contribution in [0.5, 0.6) is 0 Å². The second kappa shape index (κ2) is 7.31. The molecule has 0 spiro atoms. The fourth-order valence-electron chi connectivity index (χ4n) is 2.83. The van der Waals surface area contributed by atoms with E-state index in [2.05, 4.69) is 25.6 Å². The summed E-state index contributed by atoms with van der Waals surface area (Å²) in [4.78, 5) is 28.4. The Bertz CT molecular complexity index is 590. The van der Waals surface area contributed by atoms with Gasteiger partial charge >= 0.3 is 0 Å². The van der Waals surface area contributed by atoms with Crippen molar-refractivity contribution >= 4 is 17.6 Å². The van der Waals surface area contributed by atoms with Gasteiger partial charge in [-0.25, -0.2) is 0 Å². The molecule has 0 radical (unpaired) electrons. The molecule has 2 aliphatic rings. The maximum absolute atomic E-state index is 12.3. The van der Waals surface area contributed by atoms with Gasteiger partial charge in [-0.05, 0) is 26.7 Å². The summed E-state index contributed by atoms with van der Waals surface area (Å²) in [6.45, 7) is 7.23. The highest BCUT2D eigenvalue weighted by Gasteiger charge is 2.28. The first-order valence-corrected chi connectivity index (χ1v) is 8.51. The molecule has 2 amide bonds. The van der Waals surface area contributed by atoms with E-state index in [4.69, 9.17) is 4.52 Å². The predicted molar refractivity (Wildman–Crippen MR) is 88.5 cm³/mol. The molecule has 1 aromatic rings. The first-order valence-electron chi connectivity index (χ1n) is 8.51. The van der Waals surface area contributed by atoms with Gasteiger partial charge in [-0.1, -0.05) is 5.16 Å². The number of carbonyl (C=O) groups is 2. The molecule has 2 N–H and O–H groups in total. The number of hydrogen-bond donors (Lipinski definition) is 2. The molecule has 1 saturated carbocycles. The molecule has 1 unspecified atom stereocenters. The number of nitrogens with zero attached hydrogens (tertiary/aromatic N) is 3. The quantitative estimate of drug-likeness (QED) is 0.772. The first-order chi connectivity index (χ1) is 11.5. The number of hydrogen-bond acceptors (Lipinski definition) is 6. The van der Waals surface area contributed by atoms with Gasteiger partial charge < -0.3 is 15.2 Å². The van der Waals surface area contributed by atoms with Crippen molar-refractivity contribution in [3.63, 3.8) is 0 Å². The fourth-order valence-corrected chi connectivity index (χ4v) is 2.83. The summed E-state index contributed by atoms with van der Waals surface area (Å²) in [5, 5.41) is 9.56. The second-order valence-corrected chi connectivity index (χ2v) is 6.64. The summed E-state index contributed by atoms with van der Waals surface area (Å²) < 4.78 is 4.95. The average Bonchev–Trinajstić information content (AvgIpc) is 3.27. The van der Waals surface area contributed by atoms with E-state index in [-0.39, 0.29) is 17.9 Å². The van der Waals surface area contributed by atoms with Gasteiger partial charge in [0.1, 0.15) is 5.76 Å². The molecule has 2 fully saturated rings. The van der Waals surface area contributed by atoms with E-state index in [1.807, 2.05) is 6.92 Å². The van der Waals surface area contributed by atoms with Crippen LogP contribution in [-0.4, -0.2) is 71.6 Å². The number of anilines is 1. The van der Waals surface area contributed by atoms with Crippen molar-refractivity contribution in [3.05, 3.63) is 11.8 Å². The van der Waals surface area contributed by atoms with Crippen LogP contribution < -0.4 is 10.6 Å². The summed E-state index contributed by atoms with van der Waals surface area (Å²) in [5.41, 5.74) is 0. The zero-order valence-corrected chi connectivity index (χ0v) is 14.2. The number of amides is 2. The summed E-state index contributed by atoms with van der Waals surface area (Å²) in [5.74, 6) is 1.12. The molecule has 1 aromatic heterocycles. The van der Waals surface area contributed by atoms with Crippen molar-refractivity contribution in [3.8, 4) is 0 Å². The maximum atomic E-state index is 12.3. The molecule has 1 saturated heterocycles. The molecule has 24 heavy (non-hydrogen) atoms. The molecular formula is C16H25N5O3. The smallest absolute Gasteiger partial charge is 0.242 e. The van der Waals surface area contributed by atoms with Crippen LogP contribution in [0.25, 0.3) is 0 Å². The van der Waals surface area contributed by atoms with E-state index < -0.39 is 0 Å². The molecule has 1 aliphatic heterocycles. The summed E-state index contributed by atoms with van der Waals surface area (Å²) in [7, 11) is 0. The van der Waals surface area contributed by atoms with Gasteiger partial charge in [0.05, 0.1) is 12.6 Å². The van der Waals surface area contributed by atoms with Crippen molar-refractivity contribution in [1.82, 2.24) is 20.3 Å². The lowest BCUT2D eigenvalue weighted by Gasteiger charge is -2.37. The Morgan fingerprint density at radius 2 is 2.04 bits per heavy atom. The molecule has 8 nitrogen and oxygen atoms in total. The van der Waals surface area contributed by atoms with Crippen LogP contribution in [0.3, 0.4) is 0 Å². The summed E-state index contributed by atoms with van der Waals surface area (Å²) >= 11 is 0. The van der Waals surface area contributed by atoms with E-state index >= 15 is 0 Å². The Balaban J connectivity index is 1.41. The van der Waals surface area contributed by atoms with Crippen LogP contribution in [0.4, 0.5) is 5.82 Å². The van der Waals surface area contributed by atoms with Gasteiger partial charge in [-0.15, -0.1) is 0 Å². The van der Waals surface area contributed by atoms with Crippen molar-refractivity contribution in [1.29, 1.82) is 0 Å². The minimum atomic E-state index is -0.246. The third-order valence-corrected chi connectivity index (χ3v) is 4.52. The Labute approximate surface area is 141 Å². The highest BCUT2D eigenvalue weighted by molar-refractivity contribution is 5.93. The van der Waals surface area contributed by atoms with Crippen molar-refractivity contribution in [2.45, 2.75) is 38.8 Å². The summed E-state index contributed by atoms with van der Waals surface area (Å²) in [6.07, 6.45) is 2.22. The molecule has 1 atom stereocenters. The standard InChI is InChI=1S/C16H25N5O3/c1-11-9-14(19-24-11)18-16(23)12(2)21-7-5-20(6-8-21)10-15(22)17-13-3-4-13/h9,12-13H,3-8,10H2,1-2H3,(H,17,22)(H,18,19,23). The molecule has 1 aliphatic carbocycles. The van der Waals surface area contributed by atoms with Gasteiger partial charge in [0, 0.05) is 38.3 Å². The SMILES string of the molecule is Cc1cc(NC(=O)C(C)N2CCN(CC(=O)NC3CC3)CC2)no1. The Morgan fingerprint density at radius 1 is 1.33 bits per heavy atom. The summed E-state index contributed by atoms with van der Waals surface area (Å²) in [6, 6.07) is 1.85. The Hall–Kier alpha value is -1.93. The third kappa shape index (κ3) is 4.55. The Kier molecular flexibility index (Phi) is 5.15. The van der Waals surface area contributed by atoms with Crippen LogP contribution in [0.15, 0.2) is 10.6 Å². The maximum Gasteiger partial charge on any atom is 0.242 e. The van der Waals surface area contributed by atoms with Crippen molar-refractivity contribution < 1.29 is 14.1 Å². The number of aryl methyl sites for hydroxylation is 1. The van der Waals surface area contributed by atoms with E-state index in [0.29, 0.717) is 24.2 Å². The zero-order chi connectivity index (χ0) is 17.1. The lowest BCUT2D eigenvalue weighted by atomic mass is 10.2. The minimum Gasteiger partial charge on any atom is -0.360 e. The zero-order valence-electron chi connectivity index (χ0n) is 14.2. The van der Waals surface area contributed by atoms with Crippen LogP contribution in [-0.2, 0) is 9.59 Å². The van der Waals surface area contributed by atoms with E-state index in [1.54, 1.807) is 13.0 Å². The van der Waals surface area contributed by atoms with E-state index in [1.165, 1.54) is 0 Å². The third-order valence-electron chi connectivity index (χ3n) is 4.52. The molecule has 0 bridgehead atoms. The minimum absolute atomic E-state index is 0.0942. The molecule has 2 heterocycles. The second-order valence-electron chi connectivity index (χ2n) is 6.64. The molecular weight excluding hydrogens is 310 g/mol. The normalized spacial score (nSPS) is 20.6.